The summed E-state index contributed by atoms with van der Waals surface area (Å²) in [5, 5.41) is 12.6. The van der Waals surface area contributed by atoms with E-state index in [2.05, 4.69) is 5.32 Å². The van der Waals surface area contributed by atoms with Crippen LogP contribution in [0.15, 0.2) is 48.5 Å². The second kappa shape index (κ2) is 7.46. The van der Waals surface area contributed by atoms with Crippen molar-refractivity contribution in [3.05, 3.63) is 65.2 Å². The lowest BCUT2D eigenvalue weighted by Crippen LogP contribution is -2.21. The minimum absolute atomic E-state index is 0.297. The lowest BCUT2D eigenvalue weighted by molar-refractivity contribution is -0.131. The molecule has 0 aromatic heterocycles. The Kier molecular flexibility index (Phi) is 5.37. The molecule has 0 radical (unpaired) electrons. The number of hydrogen-bond donors (Lipinski definition) is 2. The standard InChI is InChI=1S/C19H19NO4/c1-12-7-8-16(13(2)9-12)20-19(23)18(22)11-17(21)14-5-4-6-15(10-14)24-3/h4-11,21H,1-3H3,(H,20,23). The third-order valence-corrected chi connectivity index (χ3v) is 3.49. The maximum Gasteiger partial charge on any atom is 0.296 e. The highest BCUT2D eigenvalue weighted by Gasteiger charge is 2.14. The maximum atomic E-state index is 12.0. The van der Waals surface area contributed by atoms with Gasteiger partial charge in [-0.05, 0) is 37.6 Å². The maximum absolute atomic E-state index is 12.0. The number of carbonyl (C=O) groups is 2. The van der Waals surface area contributed by atoms with Crippen molar-refractivity contribution in [2.75, 3.05) is 12.4 Å². The molecule has 0 fully saturated rings. The summed E-state index contributed by atoms with van der Waals surface area (Å²) >= 11 is 0. The minimum atomic E-state index is -0.838. The number of nitrogens with one attached hydrogen (secondary N) is 1. The van der Waals surface area contributed by atoms with Gasteiger partial charge in [0, 0.05) is 17.3 Å². The number of ketones is 1. The quantitative estimate of drug-likeness (QED) is 0.502. The van der Waals surface area contributed by atoms with Gasteiger partial charge >= 0.3 is 0 Å². The number of ether oxygens (including phenoxy) is 1. The fourth-order valence-electron chi connectivity index (χ4n) is 2.19. The molecule has 0 saturated carbocycles. The molecule has 24 heavy (non-hydrogen) atoms. The normalized spacial score (nSPS) is 11.0. The number of hydrogen-bond acceptors (Lipinski definition) is 4. The summed E-state index contributed by atoms with van der Waals surface area (Å²) in [7, 11) is 1.50. The first-order chi connectivity index (χ1) is 11.4. The van der Waals surface area contributed by atoms with E-state index in [-0.39, 0.29) is 5.76 Å². The molecular weight excluding hydrogens is 306 g/mol. The lowest BCUT2D eigenvalue weighted by atomic mass is 10.1. The summed E-state index contributed by atoms with van der Waals surface area (Å²) in [5.41, 5.74) is 2.87. The fourth-order valence-corrected chi connectivity index (χ4v) is 2.19. The number of methoxy groups -OCH3 is 1. The van der Waals surface area contributed by atoms with Gasteiger partial charge in [0.15, 0.2) is 0 Å². The Bertz CT molecular complexity index is 809. The molecular formula is C19H19NO4. The predicted octanol–water partition coefficient (Wildman–Crippen LogP) is 3.42. The van der Waals surface area contributed by atoms with Gasteiger partial charge in [0.05, 0.1) is 7.11 Å². The molecule has 0 spiro atoms. The molecule has 1 amide bonds. The second-order valence-corrected chi connectivity index (χ2v) is 5.40. The summed E-state index contributed by atoms with van der Waals surface area (Å²) in [6, 6.07) is 12.1. The van der Waals surface area contributed by atoms with Crippen molar-refractivity contribution in [2.45, 2.75) is 13.8 Å². The van der Waals surface area contributed by atoms with Crippen molar-refractivity contribution >= 4 is 23.1 Å². The van der Waals surface area contributed by atoms with E-state index in [4.69, 9.17) is 4.74 Å². The van der Waals surface area contributed by atoms with Crippen LogP contribution in [0.4, 0.5) is 5.69 Å². The Balaban J connectivity index is 2.13. The number of amides is 1. The monoisotopic (exact) mass is 325 g/mol. The Labute approximate surface area is 140 Å². The number of carbonyl (C=O) groups excluding carboxylic acids is 2. The Morgan fingerprint density at radius 3 is 2.54 bits per heavy atom. The van der Waals surface area contributed by atoms with Gasteiger partial charge in [-0.15, -0.1) is 0 Å². The molecule has 2 rings (SSSR count). The molecule has 124 valence electrons. The summed E-state index contributed by atoms with van der Waals surface area (Å²) in [5.74, 6) is -1.40. The average molecular weight is 325 g/mol. The van der Waals surface area contributed by atoms with E-state index < -0.39 is 11.7 Å². The molecule has 5 nitrogen and oxygen atoms in total. The van der Waals surface area contributed by atoms with Crippen LogP contribution < -0.4 is 10.1 Å². The number of aliphatic hydroxyl groups is 1. The molecule has 0 aliphatic heterocycles. The number of aryl methyl sites for hydroxylation is 2. The van der Waals surface area contributed by atoms with Crippen molar-refractivity contribution in [2.24, 2.45) is 0 Å². The molecule has 0 heterocycles. The Morgan fingerprint density at radius 1 is 1.12 bits per heavy atom. The summed E-state index contributed by atoms with van der Waals surface area (Å²) in [6.07, 6.45) is 0.896. The van der Waals surface area contributed by atoms with Crippen molar-refractivity contribution in [3.8, 4) is 5.75 Å². The molecule has 0 bridgehead atoms. The molecule has 0 atom stereocenters. The highest BCUT2D eigenvalue weighted by atomic mass is 16.5. The van der Waals surface area contributed by atoms with Gasteiger partial charge in [0.1, 0.15) is 11.5 Å². The molecule has 2 N–H and O–H groups in total. The van der Waals surface area contributed by atoms with Crippen LogP contribution in [0.5, 0.6) is 5.75 Å². The summed E-state index contributed by atoms with van der Waals surface area (Å²) < 4.78 is 5.06. The van der Waals surface area contributed by atoms with Crippen LogP contribution in [0.1, 0.15) is 16.7 Å². The van der Waals surface area contributed by atoms with E-state index in [0.717, 1.165) is 17.2 Å². The molecule has 0 aliphatic rings. The smallest absolute Gasteiger partial charge is 0.296 e. The largest absolute Gasteiger partial charge is 0.507 e. The second-order valence-electron chi connectivity index (χ2n) is 5.40. The van der Waals surface area contributed by atoms with Crippen LogP contribution in [0.3, 0.4) is 0 Å². The Morgan fingerprint density at radius 2 is 1.88 bits per heavy atom. The zero-order valence-electron chi connectivity index (χ0n) is 13.8. The van der Waals surface area contributed by atoms with E-state index >= 15 is 0 Å². The van der Waals surface area contributed by atoms with Gasteiger partial charge in [-0.2, -0.15) is 0 Å². The van der Waals surface area contributed by atoms with Gasteiger partial charge in [-0.3, -0.25) is 9.59 Å². The molecule has 5 heteroatoms. The first-order valence-electron chi connectivity index (χ1n) is 7.38. The van der Waals surface area contributed by atoms with Crippen LogP contribution in [0.25, 0.3) is 5.76 Å². The SMILES string of the molecule is COc1cccc(C(O)=CC(=O)C(=O)Nc2ccc(C)cc2C)c1. The third kappa shape index (κ3) is 4.23. The van der Waals surface area contributed by atoms with Crippen LogP contribution >= 0.6 is 0 Å². The van der Waals surface area contributed by atoms with Gasteiger partial charge in [0.2, 0.25) is 5.78 Å². The van der Waals surface area contributed by atoms with Gasteiger partial charge in [-0.25, -0.2) is 0 Å². The first-order valence-corrected chi connectivity index (χ1v) is 7.38. The number of benzene rings is 2. The van der Waals surface area contributed by atoms with E-state index in [9.17, 15) is 14.7 Å². The summed E-state index contributed by atoms with van der Waals surface area (Å²) in [6.45, 7) is 3.79. The lowest BCUT2D eigenvalue weighted by Gasteiger charge is -2.08. The number of rotatable bonds is 5. The van der Waals surface area contributed by atoms with Gasteiger partial charge < -0.3 is 15.2 Å². The first kappa shape index (κ1) is 17.3. The van der Waals surface area contributed by atoms with E-state index in [0.29, 0.717) is 17.0 Å². The molecule has 0 unspecified atom stereocenters. The zero-order valence-corrected chi connectivity index (χ0v) is 13.8. The van der Waals surface area contributed by atoms with E-state index in [1.54, 1.807) is 30.3 Å². The van der Waals surface area contributed by atoms with Crippen molar-refractivity contribution in [1.82, 2.24) is 0 Å². The van der Waals surface area contributed by atoms with Crippen LogP contribution in [0, 0.1) is 13.8 Å². The van der Waals surface area contributed by atoms with Crippen molar-refractivity contribution < 1.29 is 19.4 Å². The van der Waals surface area contributed by atoms with Crippen LogP contribution in [-0.2, 0) is 9.59 Å². The number of aliphatic hydroxyl groups excluding tert-OH is 1. The topological polar surface area (TPSA) is 75.6 Å². The average Bonchev–Trinajstić information content (AvgIpc) is 2.57. The molecule has 0 saturated heterocycles. The third-order valence-electron chi connectivity index (χ3n) is 3.49. The van der Waals surface area contributed by atoms with E-state index in [1.807, 2.05) is 26.0 Å². The van der Waals surface area contributed by atoms with Crippen molar-refractivity contribution in [3.63, 3.8) is 0 Å². The molecule has 2 aromatic carbocycles. The predicted molar refractivity (Wildman–Crippen MR) is 93.2 cm³/mol. The van der Waals surface area contributed by atoms with Gasteiger partial charge in [0.25, 0.3) is 5.91 Å². The molecule has 2 aromatic rings. The van der Waals surface area contributed by atoms with Crippen LogP contribution in [0.2, 0.25) is 0 Å². The van der Waals surface area contributed by atoms with Gasteiger partial charge in [-0.1, -0.05) is 29.8 Å². The molecule has 0 aliphatic carbocycles. The fraction of sp³-hybridized carbons (Fsp3) is 0.158. The zero-order chi connectivity index (χ0) is 17.7. The van der Waals surface area contributed by atoms with Crippen molar-refractivity contribution in [1.29, 1.82) is 0 Å². The Hall–Kier alpha value is -3.08. The highest BCUT2D eigenvalue weighted by molar-refractivity contribution is 6.45. The summed E-state index contributed by atoms with van der Waals surface area (Å²) in [4.78, 5) is 24.0. The van der Waals surface area contributed by atoms with Crippen LogP contribution in [-0.4, -0.2) is 23.9 Å². The van der Waals surface area contributed by atoms with E-state index in [1.165, 1.54) is 7.11 Å². The highest BCUT2D eigenvalue weighted by Crippen LogP contribution is 2.19. The number of anilines is 1. The minimum Gasteiger partial charge on any atom is -0.507 e.